The first-order chi connectivity index (χ1) is 10.2. The van der Waals surface area contributed by atoms with Gasteiger partial charge in [-0.15, -0.1) is 11.8 Å². The van der Waals surface area contributed by atoms with Gasteiger partial charge in [0.1, 0.15) is 5.82 Å². The Morgan fingerprint density at radius 2 is 2.00 bits per heavy atom. The smallest absolute Gasteiger partial charge is 0.234 e. The van der Waals surface area contributed by atoms with Crippen molar-refractivity contribution in [1.82, 2.24) is 5.32 Å². The third kappa shape index (κ3) is 5.21. The molecule has 0 aliphatic heterocycles. The van der Waals surface area contributed by atoms with Crippen LogP contribution in [0, 0.1) is 5.82 Å². The van der Waals surface area contributed by atoms with E-state index in [-0.39, 0.29) is 11.7 Å². The number of rotatable bonds is 6. The van der Waals surface area contributed by atoms with Crippen molar-refractivity contribution in [3.05, 3.63) is 59.9 Å². The molecule has 0 unspecified atom stereocenters. The number of amides is 1. The molecule has 0 aliphatic carbocycles. The van der Waals surface area contributed by atoms with E-state index < -0.39 is 0 Å². The van der Waals surface area contributed by atoms with Crippen molar-refractivity contribution < 1.29 is 9.18 Å². The van der Waals surface area contributed by atoms with Crippen LogP contribution in [0.1, 0.15) is 5.56 Å². The number of hydrogen-bond donors (Lipinski definition) is 2. The van der Waals surface area contributed by atoms with E-state index >= 15 is 0 Å². The summed E-state index contributed by atoms with van der Waals surface area (Å²) in [6.07, 6.45) is 0. The van der Waals surface area contributed by atoms with Crippen molar-refractivity contribution in [2.45, 2.75) is 11.4 Å². The fourth-order valence-electron chi connectivity index (χ4n) is 1.86. The lowest BCUT2D eigenvalue weighted by molar-refractivity contribution is -0.113. The van der Waals surface area contributed by atoms with E-state index in [0.717, 1.165) is 11.4 Å². The zero-order valence-electron chi connectivity index (χ0n) is 11.7. The number of benzene rings is 2. The highest BCUT2D eigenvalue weighted by Crippen LogP contribution is 2.19. The van der Waals surface area contributed by atoms with Crippen LogP contribution in [0.5, 0.6) is 0 Å². The second kappa shape index (κ2) is 7.81. The molecule has 0 aromatic heterocycles. The highest BCUT2D eigenvalue weighted by Gasteiger charge is 2.05. The second-order valence-electron chi connectivity index (χ2n) is 4.52. The summed E-state index contributed by atoms with van der Waals surface area (Å²) in [6.45, 7) is 0.796. The van der Waals surface area contributed by atoms with Crippen LogP contribution in [0.15, 0.2) is 53.4 Å². The van der Waals surface area contributed by atoms with E-state index in [1.165, 1.54) is 29.5 Å². The molecule has 0 heterocycles. The third-order valence-corrected chi connectivity index (χ3v) is 3.75. The van der Waals surface area contributed by atoms with Gasteiger partial charge in [-0.25, -0.2) is 4.39 Å². The van der Waals surface area contributed by atoms with Crippen LogP contribution < -0.4 is 10.6 Å². The fourth-order valence-corrected chi connectivity index (χ4v) is 2.64. The Bertz CT molecular complexity index is 619. The quantitative estimate of drug-likeness (QED) is 0.805. The van der Waals surface area contributed by atoms with Crippen molar-refractivity contribution in [2.24, 2.45) is 0 Å². The van der Waals surface area contributed by atoms with Crippen molar-refractivity contribution in [2.75, 3.05) is 18.1 Å². The van der Waals surface area contributed by atoms with Gasteiger partial charge in [-0.05, 0) is 42.9 Å². The van der Waals surface area contributed by atoms with Crippen molar-refractivity contribution >= 4 is 23.4 Å². The molecule has 2 rings (SSSR count). The molecular weight excluding hydrogens is 287 g/mol. The number of carbonyl (C=O) groups is 1. The first-order valence-electron chi connectivity index (χ1n) is 6.59. The van der Waals surface area contributed by atoms with Crippen LogP contribution in [0.2, 0.25) is 0 Å². The average Bonchev–Trinajstić information content (AvgIpc) is 2.46. The minimum atomic E-state index is -0.361. The van der Waals surface area contributed by atoms with Crippen molar-refractivity contribution in [3.8, 4) is 0 Å². The fraction of sp³-hybridized carbons (Fsp3) is 0.188. The molecule has 21 heavy (non-hydrogen) atoms. The topological polar surface area (TPSA) is 41.1 Å². The summed E-state index contributed by atoms with van der Waals surface area (Å²) >= 11 is 1.46. The first-order valence-corrected chi connectivity index (χ1v) is 7.57. The van der Waals surface area contributed by atoms with Crippen LogP contribution in [0.3, 0.4) is 0 Å². The molecule has 0 aliphatic rings. The molecule has 0 saturated carbocycles. The van der Waals surface area contributed by atoms with Gasteiger partial charge in [0.15, 0.2) is 0 Å². The van der Waals surface area contributed by atoms with Gasteiger partial charge in [0.2, 0.25) is 5.91 Å². The Morgan fingerprint density at radius 3 is 2.76 bits per heavy atom. The van der Waals surface area contributed by atoms with E-state index in [1.54, 1.807) is 12.1 Å². The Hall–Kier alpha value is -1.85. The molecule has 1 amide bonds. The monoisotopic (exact) mass is 304 g/mol. The Balaban J connectivity index is 1.87. The summed E-state index contributed by atoms with van der Waals surface area (Å²) in [5, 5.41) is 5.77. The zero-order chi connectivity index (χ0) is 15.1. The standard InChI is InChI=1S/C16H17FN2OS/c1-18-10-12-4-2-7-15(8-12)21-11-16(20)19-14-6-3-5-13(17)9-14/h2-9,18H,10-11H2,1H3,(H,19,20). The lowest BCUT2D eigenvalue weighted by Gasteiger charge is -2.06. The molecule has 2 N–H and O–H groups in total. The highest BCUT2D eigenvalue weighted by atomic mass is 32.2. The highest BCUT2D eigenvalue weighted by molar-refractivity contribution is 8.00. The van der Waals surface area contributed by atoms with Crippen LogP contribution in [-0.2, 0) is 11.3 Å². The molecule has 0 atom stereocenters. The van der Waals surface area contributed by atoms with Crippen molar-refractivity contribution in [1.29, 1.82) is 0 Å². The number of carbonyl (C=O) groups excluding carboxylic acids is 1. The van der Waals surface area contributed by atoms with E-state index in [9.17, 15) is 9.18 Å². The molecule has 0 spiro atoms. The van der Waals surface area contributed by atoms with Crippen LogP contribution in [0.25, 0.3) is 0 Å². The maximum absolute atomic E-state index is 13.0. The van der Waals surface area contributed by atoms with Gasteiger partial charge in [0, 0.05) is 17.1 Å². The van der Waals surface area contributed by atoms with E-state index in [2.05, 4.69) is 16.7 Å². The number of halogens is 1. The summed E-state index contributed by atoms with van der Waals surface area (Å²) in [7, 11) is 1.90. The summed E-state index contributed by atoms with van der Waals surface area (Å²) in [5.74, 6) is -0.218. The number of nitrogens with one attached hydrogen (secondary N) is 2. The lowest BCUT2D eigenvalue weighted by atomic mass is 10.2. The predicted molar refractivity (Wildman–Crippen MR) is 85.0 cm³/mol. The number of hydrogen-bond acceptors (Lipinski definition) is 3. The molecule has 0 radical (unpaired) electrons. The number of thioether (sulfide) groups is 1. The van der Waals surface area contributed by atoms with E-state index in [4.69, 9.17) is 0 Å². The molecule has 5 heteroatoms. The predicted octanol–water partition coefficient (Wildman–Crippen LogP) is 3.28. The van der Waals surface area contributed by atoms with Gasteiger partial charge >= 0.3 is 0 Å². The molecule has 0 saturated heterocycles. The molecule has 110 valence electrons. The first kappa shape index (κ1) is 15.5. The van der Waals surface area contributed by atoms with E-state index in [0.29, 0.717) is 11.4 Å². The molecule has 2 aromatic carbocycles. The van der Waals surface area contributed by atoms with Gasteiger partial charge < -0.3 is 10.6 Å². The number of anilines is 1. The summed E-state index contributed by atoms with van der Waals surface area (Å²) in [5.41, 5.74) is 1.65. The average molecular weight is 304 g/mol. The van der Waals surface area contributed by atoms with Gasteiger partial charge in [0.05, 0.1) is 5.75 Å². The Kier molecular flexibility index (Phi) is 5.78. The van der Waals surface area contributed by atoms with Crippen molar-refractivity contribution in [3.63, 3.8) is 0 Å². The van der Waals surface area contributed by atoms with Gasteiger partial charge in [-0.3, -0.25) is 4.79 Å². The largest absolute Gasteiger partial charge is 0.325 e. The summed E-state index contributed by atoms with van der Waals surface area (Å²) in [4.78, 5) is 12.9. The maximum atomic E-state index is 13.0. The SMILES string of the molecule is CNCc1cccc(SCC(=O)Nc2cccc(F)c2)c1. The molecule has 0 bridgehead atoms. The summed E-state index contributed by atoms with van der Waals surface area (Å²) < 4.78 is 13.0. The van der Waals surface area contributed by atoms with Crippen LogP contribution in [-0.4, -0.2) is 18.7 Å². The lowest BCUT2D eigenvalue weighted by Crippen LogP contribution is -2.14. The molecule has 3 nitrogen and oxygen atoms in total. The normalized spacial score (nSPS) is 10.4. The minimum absolute atomic E-state index is 0.149. The van der Waals surface area contributed by atoms with Crippen LogP contribution in [0.4, 0.5) is 10.1 Å². The Labute approximate surface area is 127 Å². The zero-order valence-corrected chi connectivity index (χ0v) is 12.5. The molecule has 0 fully saturated rings. The molecule has 2 aromatic rings. The maximum Gasteiger partial charge on any atom is 0.234 e. The second-order valence-corrected chi connectivity index (χ2v) is 5.57. The van der Waals surface area contributed by atoms with Crippen LogP contribution >= 0.6 is 11.8 Å². The molecular formula is C16H17FN2OS. The van der Waals surface area contributed by atoms with Gasteiger partial charge in [0.25, 0.3) is 0 Å². The Morgan fingerprint density at radius 1 is 1.19 bits per heavy atom. The van der Waals surface area contributed by atoms with E-state index in [1.807, 2.05) is 25.2 Å². The summed E-state index contributed by atoms with van der Waals surface area (Å²) in [6, 6.07) is 13.9. The third-order valence-electron chi connectivity index (χ3n) is 2.76. The van der Waals surface area contributed by atoms with Gasteiger partial charge in [-0.1, -0.05) is 18.2 Å². The minimum Gasteiger partial charge on any atom is -0.325 e. The van der Waals surface area contributed by atoms with Gasteiger partial charge in [-0.2, -0.15) is 0 Å².